The third-order valence-electron chi connectivity index (χ3n) is 5.74. The van der Waals surface area contributed by atoms with Gasteiger partial charge in [-0.25, -0.2) is 0 Å². The Labute approximate surface area is 176 Å². The van der Waals surface area contributed by atoms with Crippen LogP contribution in [0.4, 0.5) is 0 Å². The van der Waals surface area contributed by atoms with E-state index in [1.165, 1.54) is 17.5 Å². The second-order valence-corrected chi connectivity index (χ2v) is 8.18. The van der Waals surface area contributed by atoms with Gasteiger partial charge >= 0.3 is 5.97 Å². The number of hydrogen-bond acceptors (Lipinski definition) is 4. The van der Waals surface area contributed by atoms with Crippen molar-refractivity contribution in [2.45, 2.75) is 63.5 Å². The molecule has 1 atom stereocenters. The minimum Gasteiger partial charge on any atom is -0.447 e. The highest BCUT2D eigenvalue weighted by Gasteiger charge is 2.30. The third kappa shape index (κ3) is 5.15. The number of aryl methyl sites for hydroxylation is 2. The zero-order valence-corrected chi connectivity index (χ0v) is 17.1. The van der Waals surface area contributed by atoms with Crippen LogP contribution in [0.5, 0.6) is 0 Å². The minimum absolute atomic E-state index is 0.0457. The number of amides is 1. The fraction of sp³-hybridized carbons (Fsp3) is 0.400. The molecule has 0 radical (unpaired) electrons. The largest absolute Gasteiger partial charge is 0.447 e. The van der Waals surface area contributed by atoms with Crippen molar-refractivity contribution in [3.05, 3.63) is 70.8 Å². The summed E-state index contributed by atoms with van der Waals surface area (Å²) in [7, 11) is 0. The molecule has 1 amide bonds. The highest BCUT2D eigenvalue weighted by atomic mass is 16.5. The first-order valence-corrected chi connectivity index (χ1v) is 10.8. The van der Waals surface area contributed by atoms with Crippen LogP contribution in [0.2, 0.25) is 0 Å². The lowest BCUT2D eigenvalue weighted by Crippen LogP contribution is -2.33. The van der Waals surface area contributed by atoms with Crippen LogP contribution in [0.25, 0.3) is 0 Å². The highest BCUT2D eigenvalue weighted by molar-refractivity contribution is 5.98. The molecule has 1 fully saturated rings. The average Bonchev–Trinajstić information content (AvgIpc) is 3.60. The van der Waals surface area contributed by atoms with Crippen molar-refractivity contribution in [2.24, 2.45) is 0 Å². The molecule has 1 saturated carbocycles. The van der Waals surface area contributed by atoms with E-state index in [-0.39, 0.29) is 30.6 Å². The third-order valence-corrected chi connectivity index (χ3v) is 5.74. The molecule has 0 aromatic heterocycles. The van der Waals surface area contributed by atoms with Crippen LogP contribution in [0.3, 0.4) is 0 Å². The maximum absolute atomic E-state index is 12.6. The fourth-order valence-electron chi connectivity index (χ4n) is 3.86. The number of hydrogen-bond donors (Lipinski definition) is 1. The molecule has 2 aliphatic carbocycles. The summed E-state index contributed by atoms with van der Waals surface area (Å²) in [6, 6.07) is 15.0. The Balaban J connectivity index is 1.36. The topological polar surface area (TPSA) is 72.5 Å². The molecule has 5 nitrogen and oxygen atoms in total. The first-order chi connectivity index (χ1) is 14.6. The lowest BCUT2D eigenvalue weighted by Gasteiger charge is -2.18. The van der Waals surface area contributed by atoms with Crippen LogP contribution in [0.15, 0.2) is 48.5 Å². The summed E-state index contributed by atoms with van der Waals surface area (Å²) in [6.07, 6.45) is 5.38. The number of esters is 1. The van der Waals surface area contributed by atoms with Crippen molar-refractivity contribution in [2.75, 3.05) is 0 Å². The summed E-state index contributed by atoms with van der Waals surface area (Å²) in [5, 5.41) is 2.89. The Morgan fingerprint density at radius 3 is 2.40 bits per heavy atom. The van der Waals surface area contributed by atoms with Gasteiger partial charge in [-0.15, -0.1) is 0 Å². The van der Waals surface area contributed by atoms with Gasteiger partial charge in [0.15, 0.2) is 5.78 Å². The maximum atomic E-state index is 12.6. The Hall–Kier alpha value is -2.95. The van der Waals surface area contributed by atoms with Gasteiger partial charge in [-0.1, -0.05) is 42.5 Å². The molecule has 156 valence electrons. The lowest BCUT2D eigenvalue weighted by molar-refractivity contribution is -0.156. The number of rotatable bonds is 8. The van der Waals surface area contributed by atoms with E-state index in [0.717, 1.165) is 32.1 Å². The molecule has 0 bridgehead atoms. The molecule has 0 spiro atoms. The maximum Gasteiger partial charge on any atom is 0.307 e. The van der Waals surface area contributed by atoms with Gasteiger partial charge in [-0.2, -0.15) is 0 Å². The smallest absolute Gasteiger partial charge is 0.307 e. The molecule has 30 heavy (non-hydrogen) atoms. The summed E-state index contributed by atoms with van der Waals surface area (Å²) >= 11 is 0. The molecule has 0 aliphatic heterocycles. The lowest BCUT2D eigenvalue weighted by atomic mass is 9.89. The molecular formula is C25H27NO4. The van der Waals surface area contributed by atoms with Gasteiger partial charge in [0, 0.05) is 23.6 Å². The quantitative estimate of drug-likeness (QED) is 0.530. The van der Waals surface area contributed by atoms with Gasteiger partial charge in [-0.3, -0.25) is 14.4 Å². The van der Waals surface area contributed by atoms with Gasteiger partial charge in [-0.05, 0) is 55.7 Å². The number of Topliss-reactive ketones (excluding diaryl/α,β-unsaturated/α-hetero) is 1. The highest BCUT2D eigenvalue weighted by Crippen LogP contribution is 2.25. The fourth-order valence-corrected chi connectivity index (χ4v) is 3.86. The van der Waals surface area contributed by atoms with Gasteiger partial charge in [0.2, 0.25) is 6.10 Å². The van der Waals surface area contributed by atoms with E-state index in [1.54, 1.807) is 24.3 Å². The zero-order valence-electron chi connectivity index (χ0n) is 17.1. The number of carbonyl (C=O) groups excluding carboxylic acids is 3. The van der Waals surface area contributed by atoms with Gasteiger partial charge in [0.1, 0.15) is 0 Å². The minimum atomic E-state index is -0.988. The van der Waals surface area contributed by atoms with E-state index in [9.17, 15) is 14.4 Å². The number of ether oxygens (including phenoxy) is 1. The predicted octanol–water partition coefficient (Wildman–Crippen LogP) is 4.09. The van der Waals surface area contributed by atoms with E-state index >= 15 is 0 Å². The van der Waals surface area contributed by atoms with Crippen LogP contribution in [0.1, 0.15) is 71.7 Å². The molecule has 4 rings (SSSR count). The van der Waals surface area contributed by atoms with E-state index in [0.29, 0.717) is 11.1 Å². The van der Waals surface area contributed by atoms with Crippen LogP contribution in [0, 0.1) is 0 Å². The van der Waals surface area contributed by atoms with Crippen molar-refractivity contribution in [3.63, 3.8) is 0 Å². The number of ketones is 1. The van der Waals surface area contributed by atoms with E-state index in [4.69, 9.17) is 4.74 Å². The van der Waals surface area contributed by atoms with Crippen LogP contribution >= 0.6 is 0 Å². The first-order valence-electron chi connectivity index (χ1n) is 10.8. The number of benzene rings is 2. The molecule has 1 N–H and O–H groups in total. The summed E-state index contributed by atoms with van der Waals surface area (Å²) in [6.45, 7) is 0. The second-order valence-electron chi connectivity index (χ2n) is 8.18. The number of fused-ring (bicyclic) bond motifs is 1. The molecule has 2 aromatic carbocycles. The predicted molar refractivity (Wildman–Crippen MR) is 113 cm³/mol. The molecule has 2 aliphatic rings. The van der Waals surface area contributed by atoms with Gasteiger partial charge < -0.3 is 10.1 Å². The first kappa shape index (κ1) is 20.3. The van der Waals surface area contributed by atoms with Crippen molar-refractivity contribution in [1.82, 2.24) is 5.32 Å². The summed E-state index contributed by atoms with van der Waals surface area (Å²) in [4.78, 5) is 37.6. The van der Waals surface area contributed by atoms with E-state index < -0.39 is 12.1 Å². The van der Waals surface area contributed by atoms with Crippen LogP contribution < -0.4 is 5.32 Å². The van der Waals surface area contributed by atoms with Crippen molar-refractivity contribution >= 4 is 17.7 Å². The summed E-state index contributed by atoms with van der Waals surface area (Å²) < 4.78 is 5.50. The SMILES string of the molecule is O=C(CCC(=O)c1ccc2c(c1)CCCC2)O[C@@H](C(=O)NC1CC1)c1ccccc1. The van der Waals surface area contributed by atoms with Crippen LogP contribution in [-0.2, 0) is 27.2 Å². The van der Waals surface area contributed by atoms with Crippen molar-refractivity contribution < 1.29 is 19.1 Å². The number of nitrogens with one attached hydrogen (secondary N) is 1. The Morgan fingerprint density at radius 2 is 1.67 bits per heavy atom. The molecule has 0 heterocycles. The van der Waals surface area contributed by atoms with Crippen LogP contribution in [-0.4, -0.2) is 23.7 Å². The Kier molecular flexibility index (Phi) is 6.26. The van der Waals surface area contributed by atoms with Gasteiger partial charge in [0.25, 0.3) is 5.91 Å². The Morgan fingerprint density at radius 1 is 0.933 bits per heavy atom. The van der Waals surface area contributed by atoms with E-state index in [1.807, 2.05) is 24.3 Å². The summed E-state index contributed by atoms with van der Waals surface area (Å²) in [5.74, 6) is -0.918. The second kappa shape index (κ2) is 9.24. The van der Waals surface area contributed by atoms with Crippen molar-refractivity contribution in [3.8, 4) is 0 Å². The number of carbonyl (C=O) groups is 3. The molecular weight excluding hydrogens is 378 g/mol. The average molecular weight is 405 g/mol. The summed E-state index contributed by atoms with van der Waals surface area (Å²) in [5.41, 5.74) is 3.85. The monoisotopic (exact) mass is 405 g/mol. The zero-order chi connectivity index (χ0) is 20.9. The molecule has 0 unspecified atom stereocenters. The normalized spacial score (nSPS) is 16.3. The van der Waals surface area contributed by atoms with Gasteiger partial charge in [0.05, 0.1) is 6.42 Å². The Bertz CT molecular complexity index is 933. The van der Waals surface area contributed by atoms with Crippen molar-refractivity contribution in [1.29, 1.82) is 0 Å². The van der Waals surface area contributed by atoms with E-state index in [2.05, 4.69) is 5.32 Å². The molecule has 2 aromatic rings. The molecule has 5 heteroatoms. The molecule has 0 saturated heterocycles. The standard InChI is InChI=1S/C25H27NO4/c27-22(20-11-10-17-6-4-5-9-19(17)16-20)14-15-23(28)30-24(18-7-2-1-3-8-18)25(29)26-21-12-13-21/h1-3,7-8,10-11,16,21,24H,4-6,9,12-15H2,(H,26,29)/t24-/m1/s1.